The molecule has 6 heteroatoms. The van der Waals surface area contributed by atoms with Gasteiger partial charge in [0.05, 0.1) is 25.3 Å². The first-order valence-corrected chi connectivity index (χ1v) is 9.60. The molecule has 152 valence electrons. The Kier molecular flexibility index (Phi) is 5.39. The molecule has 4 aromatic rings. The second-order valence-corrected chi connectivity index (χ2v) is 6.96. The number of fused-ring (bicyclic) bond motifs is 1. The zero-order chi connectivity index (χ0) is 21.1. The molecule has 3 aromatic carbocycles. The molecule has 1 amide bonds. The van der Waals surface area contributed by atoms with Crippen LogP contribution < -0.4 is 9.47 Å². The fourth-order valence-corrected chi connectivity index (χ4v) is 3.56. The summed E-state index contributed by atoms with van der Waals surface area (Å²) in [6.07, 6.45) is 1.79. The summed E-state index contributed by atoms with van der Waals surface area (Å²) in [6, 6.07) is 21.2. The highest BCUT2D eigenvalue weighted by Gasteiger charge is 2.16. The van der Waals surface area contributed by atoms with Crippen LogP contribution in [-0.4, -0.2) is 41.6 Å². The zero-order valence-electron chi connectivity index (χ0n) is 17.2. The molecule has 0 aliphatic carbocycles. The molecule has 0 saturated heterocycles. The maximum absolute atomic E-state index is 12.9. The number of hydrogen-bond donors (Lipinski definition) is 0. The first kappa shape index (κ1) is 19.5. The van der Waals surface area contributed by atoms with E-state index >= 15 is 0 Å². The third-order valence-corrected chi connectivity index (χ3v) is 5.08. The van der Waals surface area contributed by atoms with Crippen molar-refractivity contribution < 1.29 is 14.3 Å². The Morgan fingerprint density at radius 3 is 2.47 bits per heavy atom. The van der Waals surface area contributed by atoms with Gasteiger partial charge in [0.15, 0.2) is 11.5 Å². The molecule has 0 atom stereocenters. The molecule has 30 heavy (non-hydrogen) atoms. The predicted octanol–water partition coefficient (Wildman–Crippen LogP) is 4.31. The Labute approximate surface area is 175 Å². The van der Waals surface area contributed by atoms with Crippen LogP contribution in [0.15, 0.2) is 73.1 Å². The van der Waals surface area contributed by atoms with Gasteiger partial charge in [0.1, 0.15) is 6.33 Å². The lowest BCUT2D eigenvalue weighted by Crippen LogP contribution is -2.26. The van der Waals surface area contributed by atoms with Crippen molar-refractivity contribution in [3.8, 4) is 17.2 Å². The molecular formula is C24H23N3O3. The summed E-state index contributed by atoms with van der Waals surface area (Å²) in [6.45, 7) is 0.410. The van der Waals surface area contributed by atoms with Crippen LogP contribution in [0.25, 0.3) is 16.7 Å². The van der Waals surface area contributed by atoms with E-state index in [9.17, 15) is 4.79 Å². The highest BCUT2D eigenvalue weighted by Crippen LogP contribution is 2.31. The summed E-state index contributed by atoms with van der Waals surface area (Å²) >= 11 is 0. The molecule has 0 aliphatic heterocycles. The number of carbonyl (C=O) groups is 1. The van der Waals surface area contributed by atoms with Crippen LogP contribution in [0.2, 0.25) is 0 Å². The van der Waals surface area contributed by atoms with Crippen molar-refractivity contribution in [1.29, 1.82) is 0 Å². The fourth-order valence-electron chi connectivity index (χ4n) is 3.56. The van der Waals surface area contributed by atoms with Crippen molar-refractivity contribution in [3.63, 3.8) is 0 Å². The quantitative estimate of drug-likeness (QED) is 0.483. The highest BCUT2D eigenvalue weighted by atomic mass is 16.5. The number of methoxy groups -OCH3 is 2. The standard InChI is InChI=1S/C24H23N3O3/c1-26(15-18-7-6-10-22(29-2)23(18)30-3)24(28)17-11-13-19(14-12-17)27-16-25-20-8-4-5-9-21(20)27/h4-14,16H,15H2,1-3H3. The Bertz CT molecular complexity index is 1180. The average Bonchev–Trinajstić information content (AvgIpc) is 3.22. The van der Waals surface area contributed by atoms with Crippen LogP contribution in [0.3, 0.4) is 0 Å². The minimum Gasteiger partial charge on any atom is -0.493 e. The lowest BCUT2D eigenvalue weighted by Gasteiger charge is -2.20. The summed E-state index contributed by atoms with van der Waals surface area (Å²) in [5.74, 6) is 1.22. The number of rotatable bonds is 6. The molecule has 0 bridgehead atoms. The summed E-state index contributed by atoms with van der Waals surface area (Å²) in [5.41, 5.74) is 4.42. The van der Waals surface area contributed by atoms with Crippen LogP contribution in [0.5, 0.6) is 11.5 Å². The van der Waals surface area contributed by atoms with Gasteiger partial charge in [0, 0.05) is 30.4 Å². The lowest BCUT2D eigenvalue weighted by atomic mass is 10.1. The average molecular weight is 401 g/mol. The zero-order valence-corrected chi connectivity index (χ0v) is 17.2. The van der Waals surface area contributed by atoms with Crippen molar-refractivity contribution in [3.05, 3.63) is 84.2 Å². The Balaban J connectivity index is 1.54. The molecule has 0 aliphatic rings. The summed E-state index contributed by atoms with van der Waals surface area (Å²) in [4.78, 5) is 19.0. The molecule has 0 spiro atoms. The van der Waals surface area contributed by atoms with Crippen molar-refractivity contribution in [2.24, 2.45) is 0 Å². The van der Waals surface area contributed by atoms with E-state index in [2.05, 4.69) is 4.98 Å². The molecule has 0 radical (unpaired) electrons. The first-order valence-electron chi connectivity index (χ1n) is 9.60. The maximum Gasteiger partial charge on any atom is 0.253 e. The van der Waals surface area contributed by atoms with Crippen LogP contribution in [0.1, 0.15) is 15.9 Å². The Morgan fingerprint density at radius 1 is 0.967 bits per heavy atom. The van der Waals surface area contributed by atoms with Crippen molar-refractivity contribution in [2.75, 3.05) is 21.3 Å². The van der Waals surface area contributed by atoms with Gasteiger partial charge in [-0.1, -0.05) is 24.3 Å². The number of imidazole rings is 1. The number of para-hydroxylation sites is 3. The minimum absolute atomic E-state index is 0.0677. The van der Waals surface area contributed by atoms with Gasteiger partial charge in [-0.15, -0.1) is 0 Å². The number of amides is 1. The number of ether oxygens (including phenoxy) is 2. The summed E-state index contributed by atoms with van der Waals surface area (Å²) in [5, 5.41) is 0. The van der Waals surface area contributed by atoms with Gasteiger partial charge in [-0.2, -0.15) is 0 Å². The van der Waals surface area contributed by atoms with Gasteiger partial charge in [0.2, 0.25) is 0 Å². The molecule has 0 N–H and O–H groups in total. The first-order chi connectivity index (χ1) is 14.6. The molecule has 4 rings (SSSR count). The number of carbonyl (C=O) groups excluding carboxylic acids is 1. The summed E-state index contributed by atoms with van der Waals surface area (Å²) < 4.78 is 12.8. The molecule has 6 nitrogen and oxygen atoms in total. The Morgan fingerprint density at radius 2 is 1.73 bits per heavy atom. The SMILES string of the molecule is COc1cccc(CN(C)C(=O)c2ccc(-n3cnc4ccccc43)cc2)c1OC. The third-order valence-electron chi connectivity index (χ3n) is 5.08. The molecule has 0 unspecified atom stereocenters. The van der Waals surface area contributed by atoms with E-state index < -0.39 is 0 Å². The Hall–Kier alpha value is -3.80. The minimum atomic E-state index is -0.0677. The van der Waals surface area contributed by atoms with E-state index in [0.29, 0.717) is 23.6 Å². The van der Waals surface area contributed by atoms with Gasteiger partial charge >= 0.3 is 0 Å². The predicted molar refractivity (Wildman–Crippen MR) is 116 cm³/mol. The largest absolute Gasteiger partial charge is 0.493 e. The molecule has 0 saturated carbocycles. The van der Waals surface area contributed by atoms with E-state index in [4.69, 9.17) is 9.47 Å². The van der Waals surface area contributed by atoms with Crippen molar-refractivity contribution in [1.82, 2.24) is 14.5 Å². The van der Waals surface area contributed by atoms with Gasteiger partial charge in [-0.05, 0) is 42.5 Å². The lowest BCUT2D eigenvalue weighted by molar-refractivity contribution is 0.0784. The van der Waals surface area contributed by atoms with Crippen molar-refractivity contribution >= 4 is 16.9 Å². The van der Waals surface area contributed by atoms with E-state index in [1.807, 2.05) is 71.3 Å². The molecule has 1 heterocycles. The van der Waals surface area contributed by atoms with Gasteiger partial charge in [0.25, 0.3) is 5.91 Å². The fraction of sp³-hybridized carbons (Fsp3) is 0.167. The number of aromatic nitrogens is 2. The molecule has 0 fully saturated rings. The molecular weight excluding hydrogens is 378 g/mol. The van der Waals surface area contributed by atoms with E-state index in [1.54, 1.807) is 32.5 Å². The maximum atomic E-state index is 12.9. The second kappa shape index (κ2) is 8.29. The van der Waals surface area contributed by atoms with Gasteiger partial charge < -0.3 is 14.4 Å². The van der Waals surface area contributed by atoms with E-state index in [0.717, 1.165) is 22.3 Å². The van der Waals surface area contributed by atoms with Crippen LogP contribution >= 0.6 is 0 Å². The smallest absolute Gasteiger partial charge is 0.253 e. The second-order valence-electron chi connectivity index (χ2n) is 6.96. The van der Waals surface area contributed by atoms with E-state index in [1.165, 1.54) is 0 Å². The number of hydrogen-bond acceptors (Lipinski definition) is 4. The normalized spacial score (nSPS) is 10.8. The van der Waals surface area contributed by atoms with Crippen LogP contribution in [0.4, 0.5) is 0 Å². The molecule has 1 aromatic heterocycles. The summed E-state index contributed by atoms with van der Waals surface area (Å²) in [7, 11) is 4.97. The van der Waals surface area contributed by atoms with Crippen molar-refractivity contribution in [2.45, 2.75) is 6.54 Å². The number of nitrogens with zero attached hydrogens (tertiary/aromatic N) is 3. The number of benzene rings is 3. The highest BCUT2D eigenvalue weighted by molar-refractivity contribution is 5.94. The monoisotopic (exact) mass is 401 g/mol. The van der Waals surface area contributed by atoms with Gasteiger partial charge in [-0.25, -0.2) is 4.98 Å². The topological polar surface area (TPSA) is 56.6 Å². The van der Waals surface area contributed by atoms with E-state index in [-0.39, 0.29) is 5.91 Å². The third kappa shape index (κ3) is 3.59. The van der Waals surface area contributed by atoms with Crippen LogP contribution in [-0.2, 0) is 6.54 Å². The van der Waals surface area contributed by atoms with Crippen LogP contribution in [0, 0.1) is 0 Å². The van der Waals surface area contributed by atoms with Gasteiger partial charge in [-0.3, -0.25) is 9.36 Å².